The van der Waals surface area contributed by atoms with Crippen molar-refractivity contribution in [2.75, 3.05) is 16.8 Å². The molecular weight excluding hydrogens is 226 g/mol. The molecule has 0 spiro atoms. The van der Waals surface area contributed by atoms with Crippen LogP contribution in [0.1, 0.15) is 39.5 Å². The van der Waals surface area contributed by atoms with Gasteiger partial charge in [-0.05, 0) is 37.8 Å². The number of carbonyl (C=O) groups excluding carboxylic acids is 1. The zero-order valence-corrected chi connectivity index (χ0v) is 11.1. The summed E-state index contributed by atoms with van der Waals surface area (Å²) in [7, 11) is 0. The first-order valence-corrected chi connectivity index (χ1v) is 6.71. The van der Waals surface area contributed by atoms with Crippen molar-refractivity contribution < 1.29 is 4.79 Å². The second-order valence-corrected chi connectivity index (χ2v) is 4.83. The van der Waals surface area contributed by atoms with Crippen LogP contribution in [0, 0.1) is 0 Å². The molecule has 98 valence electrons. The fourth-order valence-corrected chi connectivity index (χ4v) is 2.58. The second kappa shape index (κ2) is 5.85. The van der Waals surface area contributed by atoms with Gasteiger partial charge in [0.05, 0.1) is 11.9 Å². The number of carbonyl (C=O) groups is 1. The van der Waals surface area contributed by atoms with Crippen molar-refractivity contribution in [1.82, 2.24) is 4.98 Å². The highest BCUT2D eigenvalue weighted by Crippen LogP contribution is 2.26. The van der Waals surface area contributed by atoms with E-state index in [0.717, 1.165) is 12.2 Å². The predicted molar refractivity (Wildman–Crippen MR) is 73.8 cm³/mol. The van der Waals surface area contributed by atoms with Crippen molar-refractivity contribution in [2.45, 2.75) is 45.6 Å². The highest BCUT2D eigenvalue weighted by molar-refractivity contribution is 5.87. The van der Waals surface area contributed by atoms with E-state index in [-0.39, 0.29) is 5.91 Å². The van der Waals surface area contributed by atoms with Crippen molar-refractivity contribution in [3.8, 4) is 0 Å². The van der Waals surface area contributed by atoms with Crippen LogP contribution < -0.4 is 10.2 Å². The molecule has 1 aliphatic rings. The van der Waals surface area contributed by atoms with Crippen LogP contribution in [0.25, 0.3) is 0 Å². The summed E-state index contributed by atoms with van der Waals surface area (Å²) in [5.74, 6) is 0.538. The molecule has 0 bridgehead atoms. The van der Waals surface area contributed by atoms with Crippen LogP contribution in [0.3, 0.4) is 0 Å². The molecule has 1 aliphatic heterocycles. The SMILES string of the molecule is CCC1CCCCN1c1ccc(NC(C)=O)nc1. The zero-order chi connectivity index (χ0) is 13.0. The minimum absolute atomic E-state index is 0.0837. The summed E-state index contributed by atoms with van der Waals surface area (Å²) in [5.41, 5.74) is 1.16. The van der Waals surface area contributed by atoms with Gasteiger partial charge in [-0.25, -0.2) is 4.98 Å². The zero-order valence-electron chi connectivity index (χ0n) is 11.1. The van der Waals surface area contributed by atoms with Crippen molar-refractivity contribution in [2.24, 2.45) is 0 Å². The van der Waals surface area contributed by atoms with Crippen LogP contribution in [0.5, 0.6) is 0 Å². The van der Waals surface area contributed by atoms with E-state index < -0.39 is 0 Å². The summed E-state index contributed by atoms with van der Waals surface area (Å²) in [6.45, 7) is 4.84. The Kier molecular flexibility index (Phi) is 4.18. The Balaban J connectivity index is 2.10. The van der Waals surface area contributed by atoms with Crippen molar-refractivity contribution in [3.63, 3.8) is 0 Å². The normalized spacial score (nSPS) is 19.7. The Morgan fingerprint density at radius 1 is 1.50 bits per heavy atom. The summed E-state index contributed by atoms with van der Waals surface area (Å²) in [6, 6.07) is 4.55. The Labute approximate surface area is 108 Å². The first kappa shape index (κ1) is 12.9. The van der Waals surface area contributed by atoms with Gasteiger partial charge in [-0.15, -0.1) is 0 Å². The van der Waals surface area contributed by atoms with Crippen molar-refractivity contribution in [1.29, 1.82) is 0 Å². The summed E-state index contributed by atoms with van der Waals surface area (Å²) in [4.78, 5) is 17.7. The van der Waals surface area contributed by atoms with E-state index in [9.17, 15) is 4.79 Å². The number of hydrogen-bond acceptors (Lipinski definition) is 3. The van der Waals surface area contributed by atoms with E-state index in [2.05, 4.69) is 22.1 Å². The molecule has 4 nitrogen and oxygen atoms in total. The summed E-state index contributed by atoms with van der Waals surface area (Å²) < 4.78 is 0. The van der Waals surface area contributed by atoms with Gasteiger partial charge in [0.1, 0.15) is 5.82 Å². The molecule has 0 saturated carbocycles. The molecule has 2 rings (SSSR count). The molecule has 1 amide bonds. The van der Waals surface area contributed by atoms with Gasteiger partial charge < -0.3 is 10.2 Å². The molecule has 0 aromatic carbocycles. The van der Waals surface area contributed by atoms with Gasteiger partial charge in [-0.3, -0.25) is 4.79 Å². The quantitative estimate of drug-likeness (QED) is 0.893. The van der Waals surface area contributed by atoms with Gasteiger partial charge in [0.15, 0.2) is 0 Å². The summed E-state index contributed by atoms with van der Waals surface area (Å²) >= 11 is 0. The first-order chi connectivity index (χ1) is 8.70. The number of nitrogens with one attached hydrogen (secondary N) is 1. The van der Waals surface area contributed by atoms with Gasteiger partial charge in [-0.1, -0.05) is 6.92 Å². The Morgan fingerprint density at radius 2 is 2.33 bits per heavy atom. The Hall–Kier alpha value is -1.58. The van der Waals surface area contributed by atoms with Crippen LogP contribution in [0.2, 0.25) is 0 Å². The lowest BCUT2D eigenvalue weighted by Gasteiger charge is -2.37. The van der Waals surface area contributed by atoms with Crippen molar-refractivity contribution in [3.05, 3.63) is 18.3 Å². The van der Waals surface area contributed by atoms with Crippen LogP contribution >= 0.6 is 0 Å². The van der Waals surface area contributed by atoms with Gasteiger partial charge in [-0.2, -0.15) is 0 Å². The fraction of sp³-hybridized carbons (Fsp3) is 0.571. The number of amides is 1. The van der Waals surface area contributed by atoms with Gasteiger partial charge >= 0.3 is 0 Å². The van der Waals surface area contributed by atoms with Crippen LogP contribution in [0.15, 0.2) is 18.3 Å². The number of pyridine rings is 1. The number of aromatic nitrogens is 1. The third kappa shape index (κ3) is 3.00. The molecule has 0 radical (unpaired) electrons. The second-order valence-electron chi connectivity index (χ2n) is 4.83. The third-order valence-electron chi connectivity index (χ3n) is 3.48. The topological polar surface area (TPSA) is 45.2 Å². The van der Waals surface area contributed by atoms with Gasteiger partial charge in [0, 0.05) is 19.5 Å². The maximum atomic E-state index is 10.9. The summed E-state index contributed by atoms with van der Waals surface area (Å²) in [5, 5.41) is 2.69. The van der Waals surface area contributed by atoms with Gasteiger partial charge in [0.25, 0.3) is 0 Å². The van der Waals surface area contributed by atoms with E-state index in [1.807, 2.05) is 18.3 Å². The average molecular weight is 247 g/mol. The molecule has 1 aromatic heterocycles. The monoisotopic (exact) mass is 247 g/mol. The van der Waals surface area contributed by atoms with Crippen LogP contribution in [-0.2, 0) is 4.79 Å². The minimum Gasteiger partial charge on any atom is -0.367 e. The lowest BCUT2D eigenvalue weighted by atomic mass is 9.99. The molecule has 2 heterocycles. The number of nitrogens with zero attached hydrogens (tertiary/aromatic N) is 2. The Morgan fingerprint density at radius 3 is 2.94 bits per heavy atom. The molecule has 1 N–H and O–H groups in total. The molecule has 0 aliphatic carbocycles. The maximum Gasteiger partial charge on any atom is 0.222 e. The maximum absolute atomic E-state index is 10.9. The largest absolute Gasteiger partial charge is 0.367 e. The number of hydrogen-bond donors (Lipinski definition) is 1. The van der Waals surface area contributed by atoms with Crippen LogP contribution in [-0.4, -0.2) is 23.5 Å². The molecule has 1 unspecified atom stereocenters. The highest BCUT2D eigenvalue weighted by Gasteiger charge is 2.21. The standard InChI is InChI=1S/C14H21N3O/c1-3-12-6-4-5-9-17(12)13-7-8-14(15-10-13)16-11(2)18/h7-8,10,12H,3-6,9H2,1-2H3,(H,15,16,18). The molecule has 1 aromatic rings. The molecule has 4 heteroatoms. The van der Waals surface area contributed by atoms with Crippen molar-refractivity contribution >= 4 is 17.4 Å². The lowest BCUT2D eigenvalue weighted by Crippen LogP contribution is -2.39. The smallest absolute Gasteiger partial charge is 0.222 e. The summed E-state index contributed by atoms with van der Waals surface area (Å²) in [6.07, 6.45) is 6.88. The van der Waals surface area contributed by atoms with Gasteiger partial charge in [0.2, 0.25) is 5.91 Å². The molecular formula is C14H21N3O. The Bertz CT molecular complexity index is 402. The molecule has 18 heavy (non-hydrogen) atoms. The lowest BCUT2D eigenvalue weighted by molar-refractivity contribution is -0.114. The average Bonchev–Trinajstić information content (AvgIpc) is 2.39. The van der Waals surface area contributed by atoms with E-state index >= 15 is 0 Å². The number of rotatable bonds is 3. The molecule has 1 fully saturated rings. The molecule has 1 saturated heterocycles. The van der Waals surface area contributed by atoms with E-state index in [4.69, 9.17) is 0 Å². The van der Waals surface area contributed by atoms with E-state index in [0.29, 0.717) is 11.9 Å². The number of anilines is 2. The fourth-order valence-electron chi connectivity index (χ4n) is 2.58. The minimum atomic E-state index is -0.0837. The highest BCUT2D eigenvalue weighted by atomic mass is 16.1. The predicted octanol–water partition coefficient (Wildman–Crippen LogP) is 2.81. The van der Waals surface area contributed by atoms with Crippen LogP contribution in [0.4, 0.5) is 11.5 Å². The van der Waals surface area contributed by atoms with E-state index in [1.165, 1.54) is 32.6 Å². The number of piperidine rings is 1. The first-order valence-electron chi connectivity index (χ1n) is 6.71. The third-order valence-corrected chi connectivity index (χ3v) is 3.48. The van der Waals surface area contributed by atoms with E-state index in [1.54, 1.807) is 0 Å². The molecule has 1 atom stereocenters.